The lowest BCUT2D eigenvalue weighted by Crippen LogP contribution is -2.48. The number of pyridine rings is 1. The van der Waals surface area contributed by atoms with Crippen molar-refractivity contribution in [2.45, 2.75) is 57.6 Å². The maximum atomic E-state index is 6.68. The third-order valence-electron chi connectivity index (χ3n) is 6.30. The zero-order valence-corrected chi connectivity index (χ0v) is 18.6. The molecule has 4 rings (SSSR count). The van der Waals surface area contributed by atoms with Crippen LogP contribution in [-0.4, -0.2) is 12.1 Å². The minimum atomic E-state index is -0.242. The van der Waals surface area contributed by atoms with Crippen molar-refractivity contribution < 1.29 is 9.57 Å². The molecular weight excluding hydrogens is 384 g/mol. The molecule has 0 bridgehead atoms. The molecule has 0 saturated heterocycles. The second-order valence-electron chi connectivity index (χ2n) is 8.18. The zero-order valence-electron chi connectivity index (χ0n) is 18.6. The van der Waals surface area contributed by atoms with Crippen LogP contribution < -0.4 is 9.80 Å². The summed E-state index contributed by atoms with van der Waals surface area (Å²) in [5.41, 5.74) is 4.10. The molecule has 1 aliphatic carbocycles. The Bertz CT molecular complexity index is 953. The highest BCUT2D eigenvalue weighted by Gasteiger charge is 2.42. The first-order valence-corrected chi connectivity index (χ1v) is 11.3. The smallest absolute Gasteiger partial charge is 0.165 e. The van der Waals surface area contributed by atoms with E-state index < -0.39 is 0 Å². The van der Waals surface area contributed by atoms with Crippen LogP contribution in [0, 0.1) is 0 Å². The maximum absolute atomic E-state index is 6.68. The Balaban J connectivity index is 1.83. The third-order valence-corrected chi connectivity index (χ3v) is 6.30. The van der Waals surface area contributed by atoms with Crippen molar-refractivity contribution >= 4 is 5.69 Å². The van der Waals surface area contributed by atoms with Gasteiger partial charge in [0.1, 0.15) is 5.69 Å². The van der Waals surface area contributed by atoms with Gasteiger partial charge in [-0.1, -0.05) is 86.8 Å². The zero-order chi connectivity index (χ0) is 21.5. The Morgan fingerprint density at radius 3 is 2.23 bits per heavy atom. The second-order valence-corrected chi connectivity index (χ2v) is 8.18. The van der Waals surface area contributed by atoms with Crippen LogP contribution in [0.25, 0.3) is 0 Å². The van der Waals surface area contributed by atoms with E-state index in [4.69, 9.17) is 9.57 Å². The molecule has 0 N–H and O–H groups in total. The summed E-state index contributed by atoms with van der Waals surface area (Å²) >= 11 is 0. The number of benzene rings is 2. The van der Waals surface area contributed by atoms with Crippen molar-refractivity contribution in [2.75, 3.05) is 12.2 Å². The van der Waals surface area contributed by atoms with E-state index in [0.717, 1.165) is 42.0 Å². The number of hydrogen-bond acceptors (Lipinski definition) is 4. The van der Waals surface area contributed by atoms with Gasteiger partial charge in [-0.25, -0.2) is 5.06 Å². The Kier molecular flexibility index (Phi) is 6.88. The topological polar surface area (TPSA) is 34.6 Å². The van der Waals surface area contributed by atoms with Gasteiger partial charge in [-0.3, -0.25) is 9.82 Å². The normalized spacial score (nSPS) is 15.4. The summed E-state index contributed by atoms with van der Waals surface area (Å²) in [5.74, 6) is 0.805. The predicted octanol–water partition coefficient (Wildman–Crippen LogP) is 6.45. The summed E-state index contributed by atoms with van der Waals surface area (Å²) < 4.78 is 5.89. The van der Waals surface area contributed by atoms with Gasteiger partial charge >= 0.3 is 0 Å². The largest absolute Gasteiger partial charge is 0.493 e. The molecule has 0 atom stereocenters. The quantitative estimate of drug-likeness (QED) is 0.395. The van der Waals surface area contributed by atoms with Crippen LogP contribution in [0.5, 0.6) is 5.75 Å². The monoisotopic (exact) mass is 416 g/mol. The number of ether oxygens (including phenoxy) is 1. The van der Waals surface area contributed by atoms with Crippen LogP contribution >= 0.6 is 0 Å². The lowest BCUT2D eigenvalue weighted by atomic mass is 9.76. The lowest BCUT2D eigenvalue weighted by molar-refractivity contribution is 0.0191. The fourth-order valence-corrected chi connectivity index (χ4v) is 4.75. The van der Waals surface area contributed by atoms with Gasteiger partial charge in [-0.05, 0) is 36.5 Å². The van der Waals surface area contributed by atoms with E-state index in [-0.39, 0.29) is 5.54 Å². The highest BCUT2D eigenvalue weighted by Crippen LogP contribution is 2.47. The molecule has 0 amide bonds. The SMILES string of the molecule is CCc1nccc(N(OCc2ccccc2)C2(c3ccccc3)CCCCC2)c1OC. The number of nitrogens with zero attached hydrogens (tertiary/aromatic N) is 2. The molecule has 3 aromatic rings. The molecule has 0 radical (unpaired) electrons. The van der Waals surface area contributed by atoms with E-state index in [1.807, 2.05) is 18.3 Å². The van der Waals surface area contributed by atoms with E-state index in [9.17, 15) is 0 Å². The van der Waals surface area contributed by atoms with Gasteiger partial charge in [-0.2, -0.15) is 0 Å². The van der Waals surface area contributed by atoms with Gasteiger partial charge in [0.15, 0.2) is 5.75 Å². The van der Waals surface area contributed by atoms with Gasteiger partial charge in [0.2, 0.25) is 0 Å². The first-order chi connectivity index (χ1) is 15.3. The minimum absolute atomic E-state index is 0.242. The molecule has 31 heavy (non-hydrogen) atoms. The van der Waals surface area contributed by atoms with Crippen molar-refractivity contribution in [3.8, 4) is 5.75 Å². The predicted molar refractivity (Wildman–Crippen MR) is 125 cm³/mol. The summed E-state index contributed by atoms with van der Waals surface area (Å²) in [6, 6.07) is 23.2. The summed E-state index contributed by atoms with van der Waals surface area (Å²) in [6.45, 7) is 2.61. The van der Waals surface area contributed by atoms with E-state index in [2.05, 4.69) is 71.6 Å². The van der Waals surface area contributed by atoms with Crippen molar-refractivity contribution in [1.82, 2.24) is 4.98 Å². The Hall–Kier alpha value is -2.85. The van der Waals surface area contributed by atoms with Crippen LogP contribution in [-0.2, 0) is 23.4 Å². The highest BCUT2D eigenvalue weighted by atomic mass is 16.7. The van der Waals surface area contributed by atoms with Crippen LogP contribution in [0.2, 0.25) is 0 Å². The first-order valence-electron chi connectivity index (χ1n) is 11.3. The first kappa shape index (κ1) is 21.4. The molecule has 0 aliphatic heterocycles. The summed E-state index contributed by atoms with van der Waals surface area (Å²) in [5, 5.41) is 2.15. The molecule has 1 fully saturated rings. The van der Waals surface area contributed by atoms with Gasteiger partial charge in [0, 0.05) is 6.20 Å². The summed E-state index contributed by atoms with van der Waals surface area (Å²) in [7, 11) is 1.73. The third kappa shape index (κ3) is 4.45. The second kappa shape index (κ2) is 9.97. The molecule has 0 unspecified atom stereocenters. The molecule has 162 valence electrons. The number of aryl methyl sites for hydroxylation is 1. The molecule has 1 aromatic heterocycles. The fourth-order valence-electron chi connectivity index (χ4n) is 4.75. The lowest BCUT2D eigenvalue weighted by Gasteiger charge is -2.47. The number of aromatic nitrogens is 1. The van der Waals surface area contributed by atoms with E-state index in [1.54, 1.807) is 7.11 Å². The van der Waals surface area contributed by atoms with Crippen molar-refractivity contribution in [1.29, 1.82) is 0 Å². The molecule has 2 aromatic carbocycles. The Morgan fingerprint density at radius 2 is 1.58 bits per heavy atom. The number of methoxy groups -OCH3 is 1. The fraction of sp³-hybridized carbons (Fsp3) is 0.370. The average Bonchev–Trinajstić information content (AvgIpc) is 2.85. The van der Waals surface area contributed by atoms with E-state index in [0.29, 0.717) is 6.61 Å². The van der Waals surface area contributed by atoms with E-state index in [1.165, 1.54) is 24.8 Å². The van der Waals surface area contributed by atoms with Crippen LogP contribution in [0.4, 0.5) is 5.69 Å². The minimum Gasteiger partial charge on any atom is -0.493 e. The van der Waals surface area contributed by atoms with Crippen LogP contribution in [0.15, 0.2) is 72.9 Å². The maximum Gasteiger partial charge on any atom is 0.165 e. The Morgan fingerprint density at radius 1 is 0.903 bits per heavy atom. The number of rotatable bonds is 8. The standard InChI is InChI=1S/C27H32N2O2/c1-3-24-26(30-2)25(17-20-28-24)29(31-21-22-13-7-4-8-14-22)27(18-11-6-12-19-27)23-15-9-5-10-16-23/h4-5,7-10,13-17,20H,3,6,11-12,18-19,21H2,1-2H3. The number of anilines is 1. The van der Waals surface area contributed by atoms with Crippen LogP contribution in [0.1, 0.15) is 55.8 Å². The molecule has 4 nitrogen and oxygen atoms in total. The van der Waals surface area contributed by atoms with Crippen molar-refractivity contribution in [3.63, 3.8) is 0 Å². The van der Waals surface area contributed by atoms with Crippen LogP contribution in [0.3, 0.4) is 0 Å². The molecular formula is C27H32N2O2. The van der Waals surface area contributed by atoms with Crippen molar-refractivity contribution in [2.24, 2.45) is 0 Å². The van der Waals surface area contributed by atoms with Crippen molar-refractivity contribution in [3.05, 3.63) is 89.7 Å². The van der Waals surface area contributed by atoms with Gasteiger partial charge < -0.3 is 4.74 Å². The average molecular weight is 417 g/mol. The molecule has 1 aliphatic rings. The van der Waals surface area contributed by atoms with Gasteiger partial charge in [-0.15, -0.1) is 0 Å². The Labute approximate surface area is 185 Å². The van der Waals surface area contributed by atoms with E-state index >= 15 is 0 Å². The summed E-state index contributed by atoms with van der Waals surface area (Å²) in [6.07, 6.45) is 8.37. The molecule has 4 heteroatoms. The highest BCUT2D eigenvalue weighted by molar-refractivity contribution is 5.61. The summed E-state index contributed by atoms with van der Waals surface area (Å²) in [4.78, 5) is 11.2. The van der Waals surface area contributed by atoms with Gasteiger partial charge in [0.05, 0.1) is 24.9 Å². The molecule has 1 saturated carbocycles. The van der Waals surface area contributed by atoms with Gasteiger partial charge in [0.25, 0.3) is 0 Å². The number of hydroxylamine groups is 1. The number of hydrogen-bond donors (Lipinski definition) is 0. The molecule has 1 heterocycles. The molecule has 0 spiro atoms.